The minimum Gasteiger partial charge on any atom is -0.273 e. The molecule has 4 aliphatic carbocycles. The zero-order chi connectivity index (χ0) is 13.2. The Hall–Kier alpha value is -0.0900. The molecule has 0 aromatic heterocycles. The van der Waals surface area contributed by atoms with Crippen LogP contribution in [0.25, 0.3) is 0 Å². The van der Waals surface area contributed by atoms with Gasteiger partial charge in [-0.25, -0.2) is 0 Å². The molecule has 0 amide bonds. The molecule has 0 heterocycles. The summed E-state index contributed by atoms with van der Waals surface area (Å²) in [6.45, 7) is 3.78. The highest BCUT2D eigenvalue weighted by molar-refractivity contribution is 7.88. The van der Waals surface area contributed by atoms with Crippen LogP contribution >= 0.6 is 0 Å². The van der Waals surface area contributed by atoms with Gasteiger partial charge in [-0.15, -0.1) is 0 Å². The van der Waals surface area contributed by atoms with Gasteiger partial charge in [0, 0.05) is 0 Å². The van der Waals surface area contributed by atoms with Crippen molar-refractivity contribution in [1.29, 1.82) is 0 Å². The van der Waals surface area contributed by atoms with Crippen LogP contribution in [0.3, 0.4) is 0 Å². The van der Waals surface area contributed by atoms with E-state index in [2.05, 4.69) is 0 Å². The van der Waals surface area contributed by atoms with Gasteiger partial charge in [-0.3, -0.25) is 4.18 Å². The van der Waals surface area contributed by atoms with Crippen molar-refractivity contribution in [3.05, 3.63) is 0 Å². The Balaban J connectivity index is 2.01. The molecule has 0 N–H and O–H groups in total. The third-order valence-corrected chi connectivity index (χ3v) is 8.28. The van der Waals surface area contributed by atoms with Gasteiger partial charge in [0.25, 0.3) is 10.1 Å². The molecule has 0 radical (unpaired) electrons. The molecule has 104 valence electrons. The van der Waals surface area contributed by atoms with Crippen LogP contribution in [0.1, 0.15) is 52.4 Å². The summed E-state index contributed by atoms with van der Waals surface area (Å²) in [5.74, 6) is 2.30. The fourth-order valence-electron chi connectivity index (χ4n) is 5.32. The summed E-state index contributed by atoms with van der Waals surface area (Å²) in [4.78, 5) is 0. The Morgan fingerprint density at radius 1 is 1.00 bits per heavy atom. The minimum atomic E-state index is -3.46. The van der Waals surface area contributed by atoms with Crippen LogP contribution in [-0.2, 0) is 14.3 Å². The summed E-state index contributed by atoms with van der Waals surface area (Å²) in [7, 11) is -2.16. The highest BCUT2D eigenvalue weighted by atomic mass is 32.2. The van der Waals surface area contributed by atoms with Crippen LogP contribution in [0.2, 0.25) is 0 Å². The molecule has 0 aliphatic heterocycles. The van der Waals surface area contributed by atoms with Crippen molar-refractivity contribution >= 4 is 10.1 Å². The zero-order valence-electron chi connectivity index (χ0n) is 11.6. The number of rotatable bonds is 3. The average Bonchev–Trinajstić information content (AvgIpc) is 2.26. The Morgan fingerprint density at radius 3 is 1.72 bits per heavy atom. The number of hydrogen-bond acceptors (Lipinski definition) is 3. The molecule has 0 aromatic carbocycles. The molecule has 0 aromatic rings. The minimum absolute atomic E-state index is 0.0312. The van der Waals surface area contributed by atoms with Crippen molar-refractivity contribution in [3.8, 4) is 0 Å². The van der Waals surface area contributed by atoms with Gasteiger partial charge < -0.3 is 0 Å². The summed E-state index contributed by atoms with van der Waals surface area (Å²) in [6.07, 6.45) is 7.28. The molecule has 4 bridgehead atoms. The predicted molar refractivity (Wildman–Crippen MR) is 70.6 cm³/mol. The second-order valence-corrected chi connectivity index (χ2v) is 9.59. The molecule has 4 fully saturated rings. The molecule has 4 rings (SSSR count). The smallest absolute Gasteiger partial charge is 0.272 e. The van der Waals surface area contributed by atoms with Crippen molar-refractivity contribution in [1.82, 2.24) is 0 Å². The highest BCUT2D eigenvalue weighted by Crippen LogP contribution is 2.65. The van der Waals surface area contributed by atoms with E-state index in [1.807, 2.05) is 13.8 Å². The topological polar surface area (TPSA) is 43.4 Å². The van der Waals surface area contributed by atoms with Crippen molar-refractivity contribution in [2.24, 2.45) is 23.2 Å². The SMILES string of the molecule is COS(=O)(=O)C(C)(C)C12CC3CC(CC(C3)C1)C2. The van der Waals surface area contributed by atoms with E-state index >= 15 is 0 Å². The van der Waals surface area contributed by atoms with E-state index in [0.717, 1.165) is 37.0 Å². The van der Waals surface area contributed by atoms with Crippen molar-refractivity contribution < 1.29 is 12.6 Å². The zero-order valence-corrected chi connectivity index (χ0v) is 12.4. The average molecular weight is 272 g/mol. The second kappa shape index (κ2) is 3.72. The van der Waals surface area contributed by atoms with E-state index in [0.29, 0.717) is 0 Å². The monoisotopic (exact) mass is 272 g/mol. The molecule has 4 heteroatoms. The second-order valence-electron chi connectivity index (χ2n) is 7.33. The van der Waals surface area contributed by atoms with Crippen molar-refractivity contribution in [2.75, 3.05) is 7.11 Å². The lowest BCUT2D eigenvalue weighted by molar-refractivity contribution is -0.0725. The van der Waals surface area contributed by atoms with Gasteiger partial charge in [-0.1, -0.05) is 0 Å². The first-order valence-corrected chi connectivity index (χ1v) is 8.51. The third kappa shape index (κ3) is 1.54. The molecule has 0 spiro atoms. The van der Waals surface area contributed by atoms with Gasteiger partial charge in [0.2, 0.25) is 0 Å². The van der Waals surface area contributed by atoms with Gasteiger partial charge in [0.15, 0.2) is 0 Å². The molecule has 0 saturated heterocycles. The molecule has 4 aliphatic rings. The van der Waals surface area contributed by atoms with E-state index in [9.17, 15) is 8.42 Å². The molecule has 3 nitrogen and oxygen atoms in total. The summed E-state index contributed by atoms with van der Waals surface area (Å²) in [6, 6.07) is 0. The van der Waals surface area contributed by atoms with Gasteiger partial charge in [-0.2, -0.15) is 8.42 Å². The van der Waals surface area contributed by atoms with Gasteiger partial charge in [0.05, 0.1) is 11.9 Å². The van der Waals surface area contributed by atoms with Gasteiger partial charge in [0.1, 0.15) is 0 Å². The quantitative estimate of drug-likeness (QED) is 0.742. The third-order valence-electron chi connectivity index (χ3n) is 6.16. The summed E-state index contributed by atoms with van der Waals surface area (Å²) >= 11 is 0. The van der Waals surface area contributed by atoms with E-state index in [-0.39, 0.29) is 5.41 Å². The molecular weight excluding hydrogens is 248 g/mol. The molecule has 0 atom stereocenters. The fourth-order valence-corrected chi connectivity index (χ4v) is 6.52. The van der Waals surface area contributed by atoms with E-state index < -0.39 is 14.9 Å². The lowest BCUT2D eigenvalue weighted by Gasteiger charge is -2.61. The standard InChI is InChI=1S/C14H24O3S/c1-13(2,18(15,16)17-3)14-7-10-4-11(8-14)6-12(5-10)9-14/h10-12H,4-9H2,1-3H3. The maximum Gasteiger partial charge on any atom is 0.272 e. The Kier molecular flexibility index (Phi) is 2.67. The first-order valence-electron chi connectivity index (χ1n) is 7.10. The van der Waals surface area contributed by atoms with Crippen LogP contribution < -0.4 is 0 Å². The first-order chi connectivity index (χ1) is 8.30. The number of hydrogen-bond donors (Lipinski definition) is 0. The Labute approximate surface area is 110 Å². The lowest BCUT2D eigenvalue weighted by Crippen LogP contribution is -2.58. The summed E-state index contributed by atoms with van der Waals surface area (Å²) in [5.41, 5.74) is -0.0312. The lowest BCUT2D eigenvalue weighted by atomic mass is 9.46. The van der Waals surface area contributed by atoms with Crippen LogP contribution in [0.15, 0.2) is 0 Å². The van der Waals surface area contributed by atoms with Gasteiger partial charge in [-0.05, 0) is 75.5 Å². The maximum absolute atomic E-state index is 12.3. The molecule has 18 heavy (non-hydrogen) atoms. The molecule has 4 saturated carbocycles. The normalized spacial score (nSPS) is 43.4. The van der Waals surface area contributed by atoms with Crippen LogP contribution in [0.4, 0.5) is 0 Å². The molecular formula is C14H24O3S. The Bertz CT molecular complexity index is 414. The molecule has 0 unspecified atom stereocenters. The van der Waals surface area contributed by atoms with E-state index in [1.54, 1.807) is 0 Å². The van der Waals surface area contributed by atoms with Crippen LogP contribution in [0, 0.1) is 23.2 Å². The maximum atomic E-state index is 12.3. The van der Waals surface area contributed by atoms with Crippen molar-refractivity contribution in [3.63, 3.8) is 0 Å². The van der Waals surface area contributed by atoms with E-state index in [4.69, 9.17) is 4.18 Å². The summed E-state index contributed by atoms with van der Waals surface area (Å²) in [5, 5.41) is 0. The van der Waals surface area contributed by atoms with Crippen LogP contribution in [0.5, 0.6) is 0 Å². The van der Waals surface area contributed by atoms with E-state index in [1.165, 1.54) is 26.4 Å². The van der Waals surface area contributed by atoms with Crippen molar-refractivity contribution in [2.45, 2.75) is 57.1 Å². The largest absolute Gasteiger partial charge is 0.273 e. The highest BCUT2D eigenvalue weighted by Gasteiger charge is 2.61. The van der Waals surface area contributed by atoms with Crippen LogP contribution in [-0.4, -0.2) is 20.3 Å². The predicted octanol–water partition coefficient (Wildman–Crippen LogP) is 2.96. The summed E-state index contributed by atoms with van der Waals surface area (Å²) < 4.78 is 28.7. The van der Waals surface area contributed by atoms with Gasteiger partial charge >= 0.3 is 0 Å². The Morgan fingerprint density at radius 2 is 1.39 bits per heavy atom. The fraction of sp³-hybridized carbons (Fsp3) is 1.00. The first kappa shape index (κ1) is 12.9.